The summed E-state index contributed by atoms with van der Waals surface area (Å²) in [5, 5.41) is -0.485. The van der Waals surface area contributed by atoms with Gasteiger partial charge in [-0.2, -0.15) is 0 Å². The zero-order valence-electron chi connectivity index (χ0n) is 9.03. The third-order valence-electron chi connectivity index (χ3n) is 1.56. The SMILES string of the molecule is CC(C)(C)SC(=O)[C@@H](F)c1ccccn1. The lowest BCUT2D eigenvalue weighted by molar-refractivity contribution is -0.115. The molecule has 1 aromatic heterocycles. The lowest BCUT2D eigenvalue weighted by atomic mass is 10.2. The Bertz CT molecular complexity index is 334. The van der Waals surface area contributed by atoms with Gasteiger partial charge in [-0.3, -0.25) is 9.78 Å². The summed E-state index contributed by atoms with van der Waals surface area (Å²) in [5.41, 5.74) is 0.180. The molecule has 0 aromatic carbocycles. The van der Waals surface area contributed by atoms with Crippen LogP contribution in [0.15, 0.2) is 24.4 Å². The molecule has 0 aliphatic heterocycles. The molecule has 0 unspecified atom stereocenters. The highest BCUT2D eigenvalue weighted by molar-refractivity contribution is 8.14. The Hall–Kier alpha value is -0.900. The van der Waals surface area contributed by atoms with E-state index in [0.717, 1.165) is 11.8 Å². The highest BCUT2D eigenvalue weighted by Crippen LogP contribution is 2.31. The number of halogens is 1. The van der Waals surface area contributed by atoms with Gasteiger partial charge in [-0.1, -0.05) is 38.6 Å². The van der Waals surface area contributed by atoms with Crippen molar-refractivity contribution in [2.75, 3.05) is 0 Å². The Morgan fingerprint density at radius 3 is 2.60 bits per heavy atom. The van der Waals surface area contributed by atoms with Gasteiger partial charge in [-0.15, -0.1) is 0 Å². The second-order valence-corrected chi connectivity index (χ2v) is 5.98. The van der Waals surface area contributed by atoms with Gasteiger partial charge in [-0.05, 0) is 12.1 Å². The molecule has 15 heavy (non-hydrogen) atoms. The predicted molar refractivity (Wildman–Crippen MR) is 60.4 cm³/mol. The van der Waals surface area contributed by atoms with Crippen molar-refractivity contribution in [3.05, 3.63) is 30.1 Å². The standard InChI is InChI=1S/C11H14FNOS/c1-11(2,3)15-10(14)9(12)8-6-4-5-7-13-8/h4-7,9H,1-3H3/t9-/m0/s1. The van der Waals surface area contributed by atoms with Gasteiger partial charge in [0.2, 0.25) is 11.3 Å². The molecule has 1 rings (SSSR count). The fourth-order valence-electron chi connectivity index (χ4n) is 1.00. The minimum Gasteiger partial charge on any atom is -0.283 e. The van der Waals surface area contributed by atoms with Crippen molar-refractivity contribution >= 4 is 16.9 Å². The zero-order valence-corrected chi connectivity index (χ0v) is 9.84. The number of hydrogen-bond donors (Lipinski definition) is 0. The minimum absolute atomic E-state index is 0.180. The van der Waals surface area contributed by atoms with E-state index < -0.39 is 11.3 Å². The summed E-state index contributed by atoms with van der Waals surface area (Å²) in [6, 6.07) is 4.88. The molecule has 4 heteroatoms. The van der Waals surface area contributed by atoms with Crippen LogP contribution in [-0.4, -0.2) is 14.8 Å². The Balaban J connectivity index is 2.70. The maximum Gasteiger partial charge on any atom is 0.229 e. The number of hydrogen-bond acceptors (Lipinski definition) is 3. The molecule has 82 valence electrons. The number of nitrogens with zero attached hydrogens (tertiary/aromatic N) is 1. The van der Waals surface area contributed by atoms with Crippen molar-refractivity contribution in [1.82, 2.24) is 4.98 Å². The Morgan fingerprint density at radius 2 is 2.13 bits per heavy atom. The molecule has 2 nitrogen and oxygen atoms in total. The normalized spacial score (nSPS) is 13.6. The van der Waals surface area contributed by atoms with E-state index in [1.807, 2.05) is 20.8 Å². The average molecular weight is 227 g/mol. The second-order valence-electron chi connectivity index (χ2n) is 4.15. The molecule has 0 aliphatic rings. The van der Waals surface area contributed by atoms with Crippen LogP contribution in [0.1, 0.15) is 32.6 Å². The first kappa shape index (κ1) is 12.2. The van der Waals surface area contributed by atoms with E-state index in [1.54, 1.807) is 12.1 Å². The van der Waals surface area contributed by atoms with Gasteiger partial charge >= 0.3 is 0 Å². The third kappa shape index (κ3) is 4.00. The number of thioether (sulfide) groups is 1. The van der Waals surface area contributed by atoms with Gasteiger partial charge in [0, 0.05) is 10.9 Å². The summed E-state index contributed by atoms with van der Waals surface area (Å²) >= 11 is 1.01. The van der Waals surface area contributed by atoms with Crippen LogP contribution < -0.4 is 0 Å². The molecule has 0 saturated heterocycles. The summed E-state index contributed by atoms with van der Waals surface area (Å²) in [4.78, 5) is 15.3. The van der Waals surface area contributed by atoms with Crippen LogP contribution in [0.3, 0.4) is 0 Å². The van der Waals surface area contributed by atoms with E-state index in [2.05, 4.69) is 4.98 Å². The van der Waals surface area contributed by atoms with Crippen LogP contribution >= 0.6 is 11.8 Å². The van der Waals surface area contributed by atoms with Crippen LogP contribution in [0.25, 0.3) is 0 Å². The van der Waals surface area contributed by atoms with Gasteiger partial charge in [0.25, 0.3) is 0 Å². The van der Waals surface area contributed by atoms with Crippen molar-refractivity contribution in [2.45, 2.75) is 31.7 Å². The number of aromatic nitrogens is 1. The maximum absolute atomic E-state index is 13.6. The fraction of sp³-hybridized carbons (Fsp3) is 0.455. The van der Waals surface area contributed by atoms with Gasteiger partial charge in [0.15, 0.2) is 0 Å². The molecular weight excluding hydrogens is 213 g/mol. The number of alkyl halides is 1. The molecule has 0 aliphatic carbocycles. The second kappa shape index (κ2) is 4.75. The summed E-state index contributed by atoms with van der Waals surface area (Å²) in [5.74, 6) is 0. The van der Waals surface area contributed by atoms with E-state index in [4.69, 9.17) is 0 Å². The highest BCUT2D eigenvalue weighted by atomic mass is 32.2. The van der Waals surface area contributed by atoms with E-state index in [1.165, 1.54) is 12.3 Å². The quantitative estimate of drug-likeness (QED) is 0.777. The Kier molecular flexibility index (Phi) is 3.85. The summed E-state index contributed by atoms with van der Waals surface area (Å²) in [6.45, 7) is 5.63. The first-order valence-electron chi connectivity index (χ1n) is 4.68. The van der Waals surface area contributed by atoms with E-state index in [9.17, 15) is 9.18 Å². The van der Waals surface area contributed by atoms with Crippen molar-refractivity contribution in [2.24, 2.45) is 0 Å². The van der Waals surface area contributed by atoms with Gasteiger partial charge in [0.05, 0.1) is 5.69 Å². The number of carbonyl (C=O) groups is 1. The summed E-state index contributed by atoms with van der Waals surface area (Å²) in [7, 11) is 0. The van der Waals surface area contributed by atoms with Gasteiger partial charge in [-0.25, -0.2) is 4.39 Å². The molecule has 0 spiro atoms. The van der Waals surface area contributed by atoms with Crippen molar-refractivity contribution < 1.29 is 9.18 Å². The topological polar surface area (TPSA) is 30.0 Å². The summed E-state index contributed by atoms with van der Waals surface area (Å²) < 4.78 is 13.4. The lowest BCUT2D eigenvalue weighted by Crippen LogP contribution is -2.15. The lowest BCUT2D eigenvalue weighted by Gasteiger charge is -2.17. The molecule has 1 heterocycles. The van der Waals surface area contributed by atoms with Crippen molar-refractivity contribution in [3.63, 3.8) is 0 Å². The number of carbonyl (C=O) groups excluding carboxylic acids is 1. The van der Waals surface area contributed by atoms with Gasteiger partial charge in [0.1, 0.15) is 0 Å². The molecule has 0 saturated carbocycles. The first-order valence-corrected chi connectivity index (χ1v) is 5.49. The predicted octanol–water partition coefficient (Wildman–Crippen LogP) is 3.15. The van der Waals surface area contributed by atoms with Gasteiger partial charge < -0.3 is 0 Å². The Labute approximate surface area is 93.3 Å². The third-order valence-corrected chi connectivity index (χ3v) is 2.58. The summed E-state index contributed by atoms with van der Waals surface area (Å²) in [6.07, 6.45) is -0.146. The zero-order chi connectivity index (χ0) is 11.5. The van der Waals surface area contributed by atoms with Crippen LogP contribution in [0, 0.1) is 0 Å². The van der Waals surface area contributed by atoms with Crippen LogP contribution in [-0.2, 0) is 4.79 Å². The fourth-order valence-corrected chi connectivity index (χ4v) is 1.83. The van der Waals surface area contributed by atoms with Crippen molar-refractivity contribution in [3.8, 4) is 0 Å². The molecule has 0 amide bonds. The number of pyridine rings is 1. The monoisotopic (exact) mass is 227 g/mol. The van der Waals surface area contributed by atoms with E-state index in [-0.39, 0.29) is 10.4 Å². The molecule has 0 bridgehead atoms. The minimum atomic E-state index is -1.63. The van der Waals surface area contributed by atoms with E-state index in [0.29, 0.717) is 0 Å². The molecular formula is C11H14FNOS. The molecule has 0 fully saturated rings. The maximum atomic E-state index is 13.6. The van der Waals surface area contributed by atoms with Crippen LogP contribution in [0.5, 0.6) is 0 Å². The Morgan fingerprint density at radius 1 is 1.47 bits per heavy atom. The van der Waals surface area contributed by atoms with Crippen molar-refractivity contribution in [1.29, 1.82) is 0 Å². The molecule has 1 aromatic rings. The molecule has 0 radical (unpaired) electrons. The first-order chi connectivity index (χ1) is 6.90. The van der Waals surface area contributed by atoms with Crippen LogP contribution in [0.4, 0.5) is 4.39 Å². The number of rotatable bonds is 2. The van der Waals surface area contributed by atoms with Crippen LogP contribution in [0.2, 0.25) is 0 Å². The highest BCUT2D eigenvalue weighted by Gasteiger charge is 2.26. The molecule has 1 atom stereocenters. The van der Waals surface area contributed by atoms with E-state index >= 15 is 0 Å². The molecule has 0 N–H and O–H groups in total. The largest absolute Gasteiger partial charge is 0.283 e. The smallest absolute Gasteiger partial charge is 0.229 e. The average Bonchev–Trinajstić information content (AvgIpc) is 2.15.